The molecular weight excluding hydrogens is 444 g/mol. The number of fused-ring (bicyclic) bond motifs is 2. The summed E-state index contributed by atoms with van der Waals surface area (Å²) in [7, 11) is 0. The van der Waals surface area contributed by atoms with Crippen LogP contribution in [-0.4, -0.2) is 49.6 Å². The first-order chi connectivity index (χ1) is 15.6. The number of H-pyrrole nitrogens is 2. The van der Waals surface area contributed by atoms with E-state index in [1.54, 1.807) is 29.6 Å². The Morgan fingerprint density at radius 1 is 0.875 bits per heavy atom. The minimum absolute atomic E-state index is 0.109. The van der Waals surface area contributed by atoms with Crippen LogP contribution < -0.4 is 5.73 Å². The molecule has 0 unspecified atom stereocenters. The first kappa shape index (κ1) is 20.7. The zero-order valence-corrected chi connectivity index (χ0v) is 18.6. The monoisotopic (exact) mass is 464 g/mol. The lowest BCUT2D eigenvalue weighted by Crippen LogP contribution is -1.92. The van der Waals surface area contributed by atoms with Crippen molar-refractivity contribution in [3.63, 3.8) is 0 Å². The van der Waals surface area contributed by atoms with E-state index < -0.39 is 0 Å². The van der Waals surface area contributed by atoms with Crippen molar-refractivity contribution in [2.24, 2.45) is 9.98 Å². The van der Waals surface area contributed by atoms with Gasteiger partial charge in [0.05, 0.1) is 27.5 Å². The summed E-state index contributed by atoms with van der Waals surface area (Å²) in [5.74, 6) is 2.06. The molecule has 2 aromatic carbocycles. The molecule has 6 rings (SSSR count). The average Bonchev–Trinajstić information content (AvgIpc) is 3.59. The summed E-state index contributed by atoms with van der Waals surface area (Å²) in [5.41, 5.74) is 10.3. The SMILES string of the molecule is Nc1cccc2cc(C3=NCCS3)[nH]c12.O=[N+]([O-])c1cccc2cc(C3=NCCS3)[nH]c12. The van der Waals surface area contributed by atoms with Crippen molar-refractivity contribution in [3.8, 4) is 0 Å². The predicted molar refractivity (Wildman–Crippen MR) is 135 cm³/mol. The summed E-state index contributed by atoms with van der Waals surface area (Å²) in [6.45, 7) is 1.74. The third-order valence-electron chi connectivity index (χ3n) is 5.15. The first-order valence-electron chi connectivity index (χ1n) is 10.1. The molecule has 0 atom stereocenters. The van der Waals surface area contributed by atoms with Crippen molar-refractivity contribution >= 4 is 66.8 Å². The summed E-state index contributed by atoms with van der Waals surface area (Å²) in [6.07, 6.45) is 0. The van der Waals surface area contributed by atoms with E-state index in [-0.39, 0.29) is 10.6 Å². The topological polar surface area (TPSA) is 125 Å². The molecule has 0 saturated carbocycles. The number of hydrogen-bond donors (Lipinski definition) is 3. The molecule has 162 valence electrons. The van der Waals surface area contributed by atoms with Crippen LogP contribution in [0, 0.1) is 10.1 Å². The van der Waals surface area contributed by atoms with Crippen LogP contribution in [0.15, 0.2) is 58.5 Å². The summed E-state index contributed by atoms with van der Waals surface area (Å²) in [6, 6.07) is 15.0. The number of nitrogen functional groups attached to an aromatic ring is 1. The molecule has 4 N–H and O–H groups in total. The van der Waals surface area contributed by atoms with Gasteiger partial charge in [-0.05, 0) is 18.2 Å². The minimum atomic E-state index is -0.369. The van der Waals surface area contributed by atoms with Crippen LogP contribution in [0.3, 0.4) is 0 Å². The number of rotatable bonds is 3. The van der Waals surface area contributed by atoms with Gasteiger partial charge in [0.2, 0.25) is 0 Å². The standard InChI is InChI=1S/C11H9N3O2S.C11H11N3S/c15-14(16)9-3-1-2-7-6-8(13-10(7)9)11-12-4-5-17-11;12-8-3-1-2-7-6-9(14-10(7)8)11-13-4-5-15-11/h1-3,6,13H,4-5H2;1-3,6,14H,4-5,12H2. The number of nitrogens with one attached hydrogen (secondary N) is 2. The van der Waals surface area contributed by atoms with Crippen molar-refractivity contribution < 1.29 is 4.92 Å². The van der Waals surface area contributed by atoms with E-state index in [1.807, 2.05) is 24.3 Å². The average molecular weight is 465 g/mol. The van der Waals surface area contributed by atoms with Crippen molar-refractivity contribution in [3.05, 3.63) is 70.0 Å². The molecule has 2 aliphatic heterocycles. The highest BCUT2D eigenvalue weighted by atomic mass is 32.2. The number of anilines is 1. The number of non-ortho nitro benzene ring substituents is 1. The lowest BCUT2D eigenvalue weighted by atomic mass is 10.2. The largest absolute Gasteiger partial charge is 0.397 e. The van der Waals surface area contributed by atoms with E-state index in [4.69, 9.17) is 5.73 Å². The van der Waals surface area contributed by atoms with Crippen LogP contribution in [-0.2, 0) is 0 Å². The lowest BCUT2D eigenvalue weighted by molar-refractivity contribution is -0.383. The Morgan fingerprint density at radius 2 is 1.44 bits per heavy atom. The molecule has 2 aliphatic rings. The van der Waals surface area contributed by atoms with Gasteiger partial charge in [0.25, 0.3) is 5.69 Å². The molecule has 4 heterocycles. The maximum atomic E-state index is 10.9. The zero-order valence-electron chi connectivity index (χ0n) is 17.0. The maximum Gasteiger partial charge on any atom is 0.293 e. The fraction of sp³-hybridized carbons (Fsp3) is 0.182. The zero-order chi connectivity index (χ0) is 22.1. The number of para-hydroxylation sites is 2. The van der Waals surface area contributed by atoms with Gasteiger partial charge in [-0.2, -0.15) is 0 Å². The molecule has 0 fully saturated rings. The van der Waals surface area contributed by atoms with Gasteiger partial charge >= 0.3 is 0 Å². The Bertz CT molecular complexity index is 1390. The highest BCUT2D eigenvalue weighted by molar-refractivity contribution is 8.15. The van der Waals surface area contributed by atoms with Gasteiger partial charge in [-0.3, -0.25) is 20.1 Å². The highest BCUT2D eigenvalue weighted by Gasteiger charge is 2.17. The number of nitrogens with two attached hydrogens (primary N) is 1. The Balaban J connectivity index is 0.000000136. The van der Waals surface area contributed by atoms with Gasteiger partial charge < -0.3 is 15.7 Å². The molecule has 0 aliphatic carbocycles. The van der Waals surface area contributed by atoms with Crippen molar-refractivity contribution in [1.82, 2.24) is 9.97 Å². The van der Waals surface area contributed by atoms with Crippen molar-refractivity contribution in [1.29, 1.82) is 0 Å². The molecule has 2 aromatic heterocycles. The predicted octanol–water partition coefficient (Wildman–Crippen LogP) is 4.81. The van der Waals surface area contributed by atoms with Gasteiger partial charge in [0.1, 0.15) is 15.6 Å². The van der Waals surface area contributed by atoms with Crippen LogP contribution in [0.25, 0.3) is 21.8 Å². The first-order valence-corrected chi connectivity index (χ1v) is 12.1. The second-order valence-electron chi connectivity index (χ2n) is 7.25. The number of aromatic amines is 2. The molecule has 32 heavy (non-hydrogen) atoms. The molecular formula is C22H20N6O2S2. The van der Waals surface area contributed by atoms with Crippen LogP contribution in [0.5, 0.6) is 0 Å². The second-order valence-corrected chi connectivity index (χ2v) is 9.41. The fourth-order valence-electron chi connectivity index (χ4n) is 3.70. The molecule has 0 amide bonds. The van der Waals surface area contributed by atoms with E-state index in [9.17, 15) is 10.1 Å². The Labute approximate surface area is 191 Å². The molecule has 0 spiro atoms. The third kappa shape index (κ3) is 3.98. The Hall–Kier alpha value is -3.24. The van der Waals surface area contributed by atoms with E-state index in [0.717, 1.165) is 68.0 Å². The van der Waals surface area contributed by atoms with Crippen LogP contribution in [0.2, 0.25) is 0 Å². The van der Waals surface area contributed by atoms with Gasteiger partial charge in [-0.15, -0.1) is 23.5 Å². The molecule has 0 radical (unpaired) electrons. The highest BCUT2D eigenvalue weighted by Crippen LogP contribution is 2.28. The summed E-state index contributed by atoms with van der Waals surface area (Å²) >= 11 is 3.47. The van der Waals surface area contributed by atoms with E-state index in [1.165, 1.54) is 6.07 Å². The third-order valence-corrected chi connectivity index (χ3v) is 7.17. The number of nitro groups is 1. The summed E-state index contributed by atoms with van der Waals surface area (Å²) in [4.78, 5) is 25.7. The smallest absolute Gasteiger partial charge is 0.293 e. The Morgan fingerprint density at radius 3 is 1.97 bits per heavy atom. The molecule has 0 saturated heterocycles. The van der Waals surface area contributed by atoms with Gasteiger partial charge in [-0.25, -0.2) is 0 Å². The molecule has 10 heteroatoms. The van der Waals surface area contributed by atoms with Crippen molar-refractivity contribution in [2.75, 3.05) is 30.3 Å². The van der Waals surface area contributed by atoms with E-state index in [2.05, 4.69) is 32.1 Å². The Kier molecular flexibility index (Phi) is 5.62. The number of hydrogen-bond acceptors (Lipinski definition) is 7. The maximum absolute atomic E-state index is 10.9. The number of aliphatic imine (C=N–C) groups is 2. The summed E-state index contributed by atoms with van der Waals surface area (Å²) in [5, 5.41) is 14.9. The van der Waals surface area contributed by atoms with Crippen LogP contribution in [0.4, 0.5) is 11.4 Å². The van der Waals surface area contributed by atoms with Gasteiger partial charge in [0.15, 0.2) is 0 Å². The second kappa shape index (κ2) is 8.71. The molecule has 4 aromatic rings. The van der Waals surface area contributed by atoms with E-state index in [0.29, 0.717) is 5.52 Å². The lowest BCUT2D eigenvalue weighted by Gasteiger charge is -1.94. The summed E-state index contributed by atoms with van der Waals surface area (Å²) < 4.78 is 0. The number of aromatic nitrogens is 2. The number of benzene rings is 2. The van der Waals surface area contributed by atoms with Gasteiger partial charge in [-0.1, -0.05) is 24.3 Å². The number of nitro benzene ring substituents is 1. The normalized spacial score (nSPS) is 15.5. The quantitative estimate of drug-likeness (QED) is 0.228. The fourth-order valence-corrected chi connectivity index (χ4v) is 5.35. The van der Waals surface area contributed by atoms with Crippen molar-refractivity contribution in [2.45, 2.75) is 0 Å². The molecule has 0 bridgehead atoms. The van der Waals surface area contributed by atoms with Crippen LogP contribution in [0.1, 0.15) is 11.4 Å². The number of thioether (sulfide) groups is 2. The molecule has 8 nitrogen and oxygen atoms in total. The minimum Gasteiger partial charge on any atom is -0.397 e. The van der Waals surface area contributed by atoms with Gasteiger partial charge in [0, 0.05) is 41.4 Å². The number of nitrogens with zero attached hydrogens (tertiary/aromatic N) is 3. The van der Waals surface area contributed by atoms with Crippen LogP contribution >= 0.6 is 23.5 Å². The van der Waals surface area contributed by atoms with E-state index >= 15 is 0 Å².